The molecule has 4 heteroatoms. The monoisotopic (exact) mass is 445 g/mol. The van der Waals surface area contributed by atoms with E-state index in [1.807, 2.05) is 12.1 Å². The minimum absolute atomic E-state index is 0.420. The van der Waals surface area contributed by atoms with Crippen molar-refractivity contribution >= 4 is 49.8 Å². The third kappa shape index (κ3) is 3.31. The summed E-state index contributed by atoms with van der Waals surface area (Å²) in [5.41, 5.74) is 11.9. The first-order chi connectivity index (χ1) is 16.1. The molecule has 0 fully saturated rings. The van der Waals surface area contributed by atoms with Crippen LogP contribution in [0.15, 0.2) is 84.2 Å². The van der Waals surface area contributed by atoms with Crippen LogP contribution in [-0.2, 0) is 6.54 Å². The summed E-state index contributed by atoms with van der Waals surface area (Å²) in [5, 5.41) is 6.34. The molecule has 2 heterocycles. The van der Waals surface area contributed by atoms with Crippen LogP contribution in [0.3, 0.4) is 0 Å². The maximum Gasteiger partial charge on any atom is 0.249 e. The second-order valence-corrected chi connectivity index (χ2v) is 9.41. The average Bonchev–Trinajstić information content (AvgIpc) is 3.46. The Kier molecular flexibility index (Phi) is 4.56. The number of aromatic nitrogens is 1. The molecule has 159 valence electrons. The van der Waals surface area contributed by atoms with Gasteiger partial charge in [0, 0.05) is 27.8 Å². The summed E-state index contributed by atoms with van der Waals surface area (Å²) in [6.07, 6.45) is 0. The molecule has 1 radical (unpaired) electrons. The van der Waals surface area contributed by atoms with Crippen molar-refractivity contribution in [3.63, 3.8) is 0 Å². The number of nitrogens with two attached hydrogens (primary N) is 1. The molecule has 0 aliphatic heterocycles. The predicted octanol–water partition coefficient (Wildman–Crippen LogP) is 6.93. The molecule has 0 aliphatic carbocycles. The van der Waals surface area contributed by atoms with E-state index in [0.717, 1.165) is 27.4 Å². The molecule has 2 N–H and O–H groups in total. The first-order valence-electron chi connectivity index (χ1n) is 10.9. The van der Waals surface area contributed by atoms with E-state index < -0.39 is 5.91 Å². The lowest BCUT2D eigenvalue weighted by molar-refractivity contribution is 0.100. The number of carbonyl (C=O) groups excluding carboxylic acids is 1. The van der Waals surface area contributed by atoms with Crippen LogP contribution < -0.4 is 5.73 Å². The lowest BCUT2D eigenvalue weighted by Crippen LogP contribution is -2.11. The Morgan fingerprint density at radius 3 is 2.64 bits per heavy atom. The third-order valence-corrected chi connectivity index (χ3v) is 7.19. The number of hydrogen-bond acceptors (Lipinski definition) is 2. The van der Waals surface area contributed by atoms with Crippen LogP contribution in [0, 0.1) is 13.0 Å². The van der Waals surface area contributed by atoms with Crippen LogP contribution >= 0.6 is 11.3 Å². The van der Waals surface area contributed by atoms with Crippen molar-refractivity contribution in [2.24, 2.45) is 5.73 Å². The first kappa shape index (κ1) is 19.8. The van der Waals surface area contributed by atoms with Crippen LogP contribution in [0.1, 0.15) is 21.5 Å². The zero-order valence-corrected chi connectivity index (χ0v) is 18.9. The fourth-order valence-corrected chi connectivity index (χ4v) is 5.43. The van der Waals surface area contributed by atoms with Gasteiger partial charge in [-0.2, -0.15) is 0 Å². The summed E-state index contributed by atoms with van der Waals surface area (Å²) in [4.78, 5) is 13.5. The number of amides is 1. The van der Waals surface area contributed by atoms with E-state index in [1.165, 1.54) is 26.8 Å². The summed E-state index contributed by atoms with van der Waals surface area (Å²) in [5.74, 6) is -0.420. The lowest BCUT2D eigenvalue weighted by atomic mass is 10.0. The van der Waals surface area contributed by atoms with Gasteiger partial charge < -0.3 is 10.3 Å². The van der Waals surface area contributed by atoms with Gasteiger partial charge in [0.05, 0.1) is 11.0 Å². The Morgan fingerprint density at radius 2 is 1.82 bits per heavy atom. The van der Waals surface area contributed by atoms with Crippen molar-refractivity contribution in [2.45, 2.75) is 13.5 Å². The molecule has 0 unspecified atom stereocenters. The fraction of sp³-hybridized carbons (Fsp3) is 0.0690. The maximum atomic E-state index is 12.3. The van der Waals surface area contributed by atoms with E-state index in [9.17, 15) is 4.79 Å². The summed E-state index contributed by atoms with van der Waals surface area (Å²) in [6.45, 7) is 2.80. The number of benzene rings is 4. The van der Waals surface area contributed by atoms with Gasteiger partial charge in [0.15, 0.2) is 0 Å². The number of hydrogen-bond donors (Lipinski definition) is 1. The predicted molar refractivity (Wildman–Crippen MR) is 138 cm³/mol. The highest BCUT2D eigenvalue weighted by Crippen LogP contribution is 2.36. The van der Waals surface area contributed by atoms with Crippen molar-refractivity contribution in [1.29, 1.82) is 0 Å². The van der Waals surface area contributed by atoms with E-state index in [0.29, 0.717) is 12.1 Å². The zero-order valence-electron chi connectivity index (χ0n) is 18.1. The number of primary amides is 1. The summed E-state index contributed by atoms with van der Waals surface area (Å²) in [6, 6.07) is 30.8. The van der Waals surface area contributed by atoms with Crippen LogP contribution in [-0.4, -0.2) is 10.5 Å². The van der Waals surface area contributed by atoms with Crippen LogP contribution in [0.25, 0.3) is 43.0 Å². The Morgan fingerprint density at radius 1 is 0.970 bits per heavy atom. The highest BCUT2D eigenvalue weighted by Gasteiger charge is 2.17. The number of rotatable bonds is 4. The highest BCUT2D eigenvalue weighted by molar-refractivity contribution is 7.13. The maximum absolute atomic E-state index is 12.3. The molecular formula is C29H21N2OS. The van der Waals surface area contributed by atoms with Crippen LogP contribution in [0.5, 0.6) is 0 Å². The van der Waals surface area contributed by atoms with Gasteiger partial charge in [0.1, 0.15) is 0 Å². The number of fused-ring (bicyclic) bond motifs is 4. The molecule has 0 saturated heterocycles. The Balaban J connectivity index is 1.60. The second-order valence-electron chi connectivity index (χ2n) is 8.46. The van der Waals surface area contributed by atoms with Crippen molar-refractivity contribution in [3.05, 3.63) is 107 Å². The number of aryl methyl sites for hydroxylation is 1. The van der Waals surface area contributed by atoms with E-state index in [1.54, 1.807) is 17.4 Å². The highest BCUT2D eigenvalue weighted by atomic mass is 32.1. The van der Waals surface area contributed by atoms with Gasteiger partial charge in [0.25, 0.3) is 0 Å². The Hall–Kier alpha value is -3.89. The second kappa shape index (κ2) is 7.61. The average molecular weight is 446 g/mol. The molecule has 33 heavy (non-hydrogen) atoms. The molecule has 3 nitrogen and oxygen atoms in total. The molecular weight excluding hydrogens is 424 g/mol. The van der Waals surface area contributed by atoms with Crippen molar-refractivity contribution in [3.8, 4) is 10.4 Å². The molecule has 0 atom stereocenters. The largest absolute Gasteiger partial charge is 0.366 e. The van der Waals surface area contributed by atoms with E-state index in [2.05, 4.69) is 83.6 Å². The van der Waals surface area contributed by atoms with Gasteiger partial charge in [-0.15, -0.1) is 11.3 Å². The molecule has 6 rings (SSSR count). The Labute approximate surface area is 195 Å². The zero-order chi connectivity index (χ0) is 22.5. The fourth-order valence-electron chi connectivity index (χ4n) is 4.71. The number of carbonyl (C=O) groups is 1. The molecule has 0 saturated carbocycles. The summed E-state index contributed by atoms with van der Waals surface area (Å²) in [7, 11) is 0. The van der Waals surface area contributed by atoms with E-state index >= 15 is 0 Å². The molecule has 6 aromatic rings. The van der Waals surface area contributed by atoms with E-state index in [-0.39, 0.29) is 0 Å². The minimum atomic E-state index is -0.420. The Bertz CT molecular complexity index is 1680. The first-order valence-corrected chi connectivity index (χ1v) is 11.8. The quantitative estimate of drug-likeness (QED) is 0.314. The van der Waals surface area contributed by atoms with Crippen LogP contribution in [0.4, 0.5) is 0 Å². The van der Waals surface area contributed by atoms with Gasteiger partial charge in [0.2, 0.25) is 5.91 Å². The molecule has 0 bridgehead atoms. The smallest absolute Gasteiger partial charge is 0.249 e. The van der Waals surface area contributed by atoms with Gasteiger partial charge in [-0.25, -0.2) is 0 Å². The molecule has 1 amide bonds. The summed E-state index contributed by atoms with van der Waals surface area (Å²) >= 11 is 1.71. The van der Waals surface area contributed by atoms with Gasteiger partial charge in [-0.1, -0.05) is 48.0 Å². The molecule has 0 aliphatic rings. The van der Waals surface area contributed by atoms with Crippen LogP contribution in [0.2, 0.25) is 0 Å². The van der Waals surface area contributed by atoms with Crippen molar-refractivity contribution in [2.75, 3.05) is 0 Å². The third-order valence-electron chi connectivity index (χ3n) is 6.27. The van der Waals surface area contributed by atoms with Crippen molar-refractivity contribution in [1.82, 2.24) is 4.57 Å². The number of thiophene rings is 1. The lowest BCUT2D eigenvalue weighted by Gasteiger charge is -2.10. The normalized spacial score (nSPS) is 11.5. The SMILES string of the molecule is Cc1ccc2cc(Cn3c4cc(-c5cccs5)c[c]c4c4c(C(N)=O)cccc43)ccc2c1. The number of nitrogens with zero attached hydrogens (tertiary/aromatic N) is 1. The minimum Gasteiger partial charge on any atom is -0.366 e. The van der Waals surface area contributed by atoms with Crippen molar-refractivity contribution < 1.29 is 4.79 Å². The van der Waals surface area contributed by atoms with E-state index in [4.69, 9.17) is 5.73 Å². The molecule has 4 aromatic carbocycles. The van der Waals surface area contributed by atoms with Gasteiger partial charge >= 0.3 is 0 Å². The van der Waals surface area contributed by atoms with Gasteiger partial charge in [-0.05, 0) is 76.7 Å². The standard InChI is InChI=1S/C29H21N2OS/c1-18-7-9-21-15-19(8-10-20(21)14-18)17-31-25-5-2-4-24(29(30)32)28(25)23-12-11-22(16-26(23)31)27-6-3-13-33-27/h2-11,13-16H,17H2,1H3,(H2,30,32). The topological polar surface area (TPSA) is 48.0 Å². The molecule has 2 aromatic heterocycles. The summed E-state index contributed by atoms with van der Waals surface area (Å²) < 4.78 is 2.28. The van der Waals surface area contributed by atoms with Gasteiger partial charge in [-0.3, -0.25) is 4.79 Å². The molecule has 0 spiro atoms.